The molecule has 1 atom stereocenters. The molecule has 0 fully saturated rings. The van der Waals surface area contributed by atoms with Crippen LogP contribution in [0.15, 0.2) is 34.2 Å². The van der Waals surface area contributed by atoms with Gasteiger partial charge in [0, 0.05) is 10.9 Å². The molecule has 0 radical (unpaired) electrons. The Hall–Kier alpha value is -2.32. The Balaban J connectivity index is 2.33. The van der Waals surface area contributed by atoms with E-state index in [9.17, 15) is 9.59 Å². The summed E-state index contributed by atoms with van der Waals surface area (Å²) >= 11 is 2.70. The number of fused-ring (bicyclic) bond motifs is 1. The number of ether oxygens (including phenoxy) is 1. The monoisotopic (exact) mass is 403 g/mol. The third-order valence-electron chi connectivity index (χ3n) is 4.35. The maximum atomic E-state index is 13.4. The molecule has 0 aliphatic heterocycles. The Morgan fingerprint density at radius 3 is 2.81 bits per heavy atom. The number of carbonyl (C=O) groups is 1. The maximum Gasteiger partial charge on any atom is 0.267 e. The van der Waals surface area contributed by atoms with Crippen LogP contribution in [0.4, 0.5) is 0 Å². The smallest absolute Gasteiger partial charge is 0.267 e. The molecule has 0 aliphatic carbocycles. The van der Waals surface area contributed by atoms with Crippen LogP contribution in [0.2, 0.25) is 0 Å². The minimum atomic E-state index is -0.516. The van der Waals surface area contributed by atoms with Crippen molar-refractivity contribution >= 4 is 39.2 Å². The number of aromatic nitrogens is 2. The number of nitrogens with zero attached hydrogens (tertiary/aromatic N) is 2. The van der Waals surface area contributed by atoms with E-state index in [0.717, 1.165) is 16.9 Å². The number of carbonyl (C=O) groups excluding carboxylic acids is 1. The molecular weight excluding hydrogens is 382 g/mol. The molecule has 1 amide bonds. The molecular formula is C19H21N3O3S2. The Labute approximate surface area is 165 Å². The zero-order chi connectivity index (χ0) is 19.7. The van der Waals surface area contributed by atoms with Gasteiger partial charge in [-0.3, -0.25) is 14.2 Å². The van der Waals surface area contributed by atoms with Crippen molar-refractivity contribution in [2.24, 2.45) is 5.73 Å². The van der Waals surface area contributed by atoms with Crippen molar-refractivity contribution in [2.75, 3.05) is 7.11 Å². The van der Waals surface area contributed by atoms with E-state index in [-0.39, 0.29) is 5.56 Å². The number of benzene rings is 1. The van der Waals surface area contributed by atoms with E-state index in [1.54, 1.807) is 20.1 Å². The summed E-state index contributed by atoms with van der Waals surface area (Å²) in [4.78, 5) is 31.5. The summed E-state index contributed by atoms with van der Waals surface area (Å²) in [6, 6.07) is 7.22. The normalized spacial score (nSPS) is 12.3. The second-order valence-corrected chi connectivity index (χ2v) is 8.47. The highest BCUT2D eigenvalue weighted by Crippen LogP contribution is 2.32. The van der Waals surface area contributed by atoms with Gasteiger partial charge in [0.05, 0.1) is 23.4 Å². The molecule has 0 bridgehead atoms. The first kappa shape index (κ1) is 19.4. The molecule has 2 heterocycles. The molecule has 2 N–H and O–H groups in total. The van der Waals surface area contributed by atoms with Gasteiger partial charge in [-0.2, -0.15) is 0 Å². The topological polar surface area (TPSA) is 87.2 Å². The first-order chi connectivity index (χ1) is 12.9. The summed E-state index contributed by atoms with van der Waals surface area (Å²) < 4.78 is 6.83. The molecule has 2 aromatic heterocycles. The lowest BCUT2D eigenvalue weighted by atomic mass is 10.2. The number of thioether (sulfide) groups is 1. The third-order valence-corrected chi connectivity index (χ3v) is 6.75. The van der Waals surface area contributed by atoms with Gasteiger partial charge in [0.25, 0.3) is 5.56 Å². The Morgan fingerprint density at radius 2 is 2.19 bits per heavy atom. The quantitative estimate of drug-likeness (QED) is 0.504. The van der Waals surface area contributed by atoms with Crippen LogP contribution in [0.25, 0.3) is 15.9 Å². The van der Waals surface area contributed by atoms with Gasteiger partial charge < -0.3 is 10.5 Å². The van der Waals surface area contributed by atoms with Crippen LogP contribution in [0.3, 0.4) is 0 Å². The minimum Gasteiger partial charge on any atom is -0.497 e. The van der Waals surface area contributed by atoms with Gasteiger partial charge in [-0.15, -0.1) is 11.3 Å². The van der Waals surface area contributed by atoms with Crippen molar-refractivity contribution in [3.05, 3.63) is 45.1 Å². The van der Waals surface area contributed by atoms with Gasteiger partial charge in [0.1, 0.15) is 10.6 Å². The Kier molecular flexibility index (Phi) is 5.57. The van der Waals surface area contributed by atoms with E-state index in [1.165, 1.54) is 27.7 Å². The van der Waals surface area contributed by atoms with E-state index in [1.807, 2.05) is 25.1 Å². The highest BCUT2D eigenvalue weighted by molar-refractivity contribution is 8.00. The molecule has 3 rings (SSSR count). The molecule has 0 aliphatic rings. The van der Waals surface area contributed by atoms with Crippen molar-refractivity contribution in [2.45, 2.75) is 37.6 Å². The first-order valence-electron chi connectivity index (χ1n) is 8.52. The number of hydrogen-bond acceptors (Lipinski definition) is 6. The third kappa shape index (κ3) is 3.59. The lowest BCUT2D eigenvalue weighted by molar-refractivity contribution is -0.117. The highest BCUT2D eigenvalue weighted by Gasteiger charge is 2.21. The number of rotatable bonds is 6. The largest absolute Gasteiger partial charge is 0.497 e. The lowest BCUT2D eigenvalue weighted by Gasteiger charge is -2.15. The standard InChI is InChI=1S/C19H21N3O3S2/c1-5-14-10(2)15-17(27-14)21-19(26-11(3)16(20)23)22(18(15)24)12-7-6-8-13(9-12)25-4/h6-9,11H,5H2,1-4H3,(H2,20,23)/t11-/m1/s1. The molecule has 6 nitrogen and oxygen atoms in total. The molecule has 1 aromatic carbocycles. The summed E-state index contributed by atoms with van der Waals surface area (Å²) in [6.07, 6.45) is 0.839. The SMILES string of the molecule is CCc1sc2nc(S[C@H](C)C(N)=O)n(-c3cccc(OC)c3)c(=O)c2c1C. The zero-order valence-electron chi connectivity index (χ0n) is 15.6. The van der Waals surface area contributed by atoms with Crippen LogP contribution in [0.1, 0.15) is 24.3 Å². The van der Waals surface area contributed by atoms with Crippen molar-refractivity contribution in [3.8, 4) is 11.4 Å². The fraction of sp³-hybridized carbons (Fsp3) is 0.316. The fourth-order valence-electron chi connectivity index (χ4n) is 2.82. The van der Waals surface area contributed by atoms with Crippen LogP contribution in [0, 0.1) is 6.92 Å². The molecule has 0 unspecified atom stereocenters. The molecule has 8 heteroatoms. The van der Waals surface area contributed by atoms with Gasteiger partial charge >= 0.3 is 0 Å². The summed E-state index contributed by atoms with van der Waals surface area (Å²) in [5, 5.41) is 0.546. The second kappa shape index (κ2) is 7.74. The van der Waals surface area contributed by atoms with Gasteiger partial charge in [-0.25, -0.2) is 4.98 Å². The molecule has 0 saturated heterocycles. The molecule has 3 aromatic rings. The summed E-state index contributed by atoms with van der Waals surface area (Å²) in [5.74, 6) is 0.179. The number of primary amides is 1. The molecule has 0 spiro atoms. The van der Waals surface area contributed by atoms with Crippen LogP contribution in [-0.2, 0) is 11.2 Å². The number of aryl methyl sites for hydroxylation is 2. The van der Waals surface area contributed by atoms with Crippen LogP contribution in [-0.4, -0.2) is 27.8 Å². The van der Waals surface area contributed by atoms with Crippen molar-refractivity contribution in [3.63, 3.8) is 0 Å². The average molecular weight is 404 g/mol. The van der Waals surface area contributed by atoms with E-state index in [4.69, 9.17) is 15.5 Å². The Bertz CT molecular complexity index is 1070. The van der Waals surface area contributed by atoms with Gasteiger partial charge in [0.15, 0.2) is 5.16 Å². The van der Waals surface area contributed by atoms with Crippen molar-refractivity contribution in [1.82, 2.24) is 9.55 Å². The van der Waals surface area contributed by atoms with Crippen LogP contribution < -0.4 is 16.0 Å². The van der Waals surface area contributed by atoms with E-state index >= 15 is 0 Å². The predicted molar refractivity (Wildman–Crippen MR) is 110 cm³/mol. The number of nitrogens with two attached hydrogens (primary N) is 1. The number of methoxy groups -OCH3 is 1. The number of hydrogen-bond donors (Lipinski definition) is 1. The Morgan fingerprint density at radius 1 is 1.44 bits per heavy atom. The predicted octanol–water partition coefficient (Wildman–Crippen LogP) is 3.29. The highest BCUT2D eigenvalue weighted by atomic mass is 32.2. The summed E-state index contributed by atoms with van der Waals surface area (Å²) in [7, 11) is 1.57. The zero-order valence-corrected chi connectivity index (χ0v) is 17.2. The first-order valence-corrected chi connectivity index (χ1v) is 10.2. The molecule has 142 valence electrons. The number of thiophene rings is 1. The number of amides is 1. The fourth-order valence-corrected chi connectivity index (χ4v) is 4.86. The lowest BCUT2D eigenvalue weighted by Crippen LogP contribution is -2.26. The van der Waals surface area contributed by atoms with Crippen molar-refractivity contribution < 1.29 is 9.53 Å². The minimum absolute atomic E-state index is 0.152. The van der Waals surface area contributed by atoms with Crippen molar-refractivity contribution in [1.29, 1.82) is 0 Å². The van der Waals surface area contributed by atoms with E-state index < -0.39 is 11.2 Å². The van der Waals surface area contributed by atoms with Gasteiger partial charge in [-0.1, -0.05) is 24.8 Å². The molecule has 27 heavy (non-hydrogen) atoms. The van der Waals surface area contributed by atoms with E-state index in [0.29, 0.717) is 26.8 Å². The van der Waals surface area contributed by atoms with Gasteiger partial charge in [-0.05, 0) is 38.0 Å². The summed E-state index contributed by atoms with van der Waals surface area (Å²) in [5.41, 5.74) is 6.87. The maximum absolute atomic E-state index is 13.4. The average Bonchev–Trinajstić information content (AvgIpc) is 2.97. The van der Waals surface area contributed by atoms with Gasteiger partial charge in [0.2, 0.25) is 5.91 Å². The van der Waals surface area contributed by atoms with Crippen LogP contribution in [0.5, 0.6) is 5.75 Å². The summed E-state index contributed by atoms with van der Waals surface area (Å²) in [6.45, 7) is 5.72. The van der Waals surface area contributed by atoms with E-state index in [2.05, 4.69) is 6.92 Å². The second-order valence-electron chi connectivity index (χ2n) is 6.08. The van der Waals surface area contributed by atoms with Crippen LogP contribution >= 0.6 is 23.1 Å². The molecule has 0 saturated carbocycles.